The number of hydrogen-bond acceptors (Lipinski definition) is 3. The number of amides is 2. The fourth-order valence-corrected chi connectivity index (χ4v) is 3.46. The summed E-state index contributed by atoms with van der Waals surface area (Å²) in [5, 5.41) is 0.642. The fourth-order valence-electron chi connectivity index (χ4n) is 2.16. The average molecular weight is 364 g/mol. The number of carbonyl (C=O) groups excluding carboxylic acids is 2. The Hall–Kier alpha value is -1.75. The molecule has 1 heterocycles. The SMILES string of the molecule is O=C1S/C(=C/c2ccccc2)C(=O)N1Cc1ccc(Cl)cc1Cl. The first-order valence-electron chi connectivity index (χ1n) is 6.79. The third-order valence-electron chi connectivity index (χ3n) is 3.31. The standard InChI is InChI=1S/C17H11Cl2NO2S/c18-13-7-6-12(14(19)9-13)10-20-16(21)15(23-17(20)22)8-11-4-2-1-3-5-11/h1-9H,10H2/b15-8+. The Labute approximate surface area is 147 Å². The van der Waals surface area contributed by atoms with Crippen LogP contribution < -0.4 is 0 Å². The Bertz CT molecular complexity index is 805. The number of benzene rings is 2. The van der Waals surface area contributed by atoms with E-state index in [1.54, 1.807) is 24.3 Å². The molecule has 0 radical (unpaired) electrons. The van der Waals surface area contributed by atoms with Crippen molar-refractivity contribution < 1.29 is 9.59 Å². The summed E-state index contributed by atoms with van der Waals surface area (Å²) in [6, 6.07) is 14.4. The molecule has 1 aliphatic rings. The van der Waals surface area contributed by atoms with Crippen molar-refractivity contribution in [2.45, 2.75) is 6.54 Å². The lowest BCUT2D eigenvalue weighted by Crippen LogP contribution is -2.27. The molecule has 2 aromatic carbocycles. The van der Waals surface area contributed by atoms with Crippen molar-refractivity contribution in [1.29, 1.82) is 0 Å². The molecule has 3 rings (SSSR count). The van der Waals surface area contributed by atoms with Gasteiger partial charge < -0.3 is 0 Å². The van der Waals surface area contributed by atoms with Crippen LogP contribution in [0.5, 0.6) is 0 Å². The van der Waals surface area contributed by atoms with Crippen molar-refractivity contribution in [3.05, 3.63) is 74.6 Å². The number of halogens is 2. The minimum absolute atomic E-state index is 0.132. The Morgan fingerprint density at radius 2 is 1.78 bits per heavy atom. The topological polar surface area (TPSA) is 37.4 Å². The molecule has 0 aliphatic carbocycles. The van der Waals surface area contributed by atoms with Crippen LogP contribution in [0.2, 0.25) is 10.0 Å². The largest absolute Gasteiger partial charge is 0.293 e. The van der Waals surface area contributed by atoms with Gasteiger partial charge in [0.05, 0.1) is 11.4 Å². The number of hydrogen-bond donors (Lipinski definition) is 0. The highest BCUT2D eigenvalue weighted by Crippen LogP contribution is 2.34. The van der Waals surface area contributed by atoms with E-state index in [1.165, 1.54) is 4.90 Å². The predicted molar refractivity (Wildman–Crippen MR) is 94.4 cm³/mol. The normalized spacial score (nSPS) is 16.4. The number of nitrogens with zero attached hydrogens (tertiary/aromatic N) is 1. The maximum absolute atomic E-state index is 12.4. The third-order valence-corrected chi connectivity index (χ3v) is 4.81. The molecule has 0 unspecified atom stereocenters. The molecule has 0 N–H and O–H groups in total. The van der Waals surface area contributed by atoms with Gasteiger partial charge in [0, 0.05) is 10.0 Å². The molecule has 0 spiro atoms. The Balaban J connectivity index is 1.83. The van der Waals surface area contributed by atoms with Crippen molar-refractivity contribution in [2.75, 3.05) is 0 Å². The van der Waals surface area contributed by atoms with Crippen molar-refractivity contribution in [2.24, 2.45) is 0 Å². The van der Waals surface area contributed by atoms with Gasteiger partial charge in [-0.2, -0.15) is 0 Å². The van der Waals surface area contributed by atoms with Crippen molar-refractivity contribution in [1.82, 2.24) is 4.90 Å². The molecule has 0 bridgehead atoms. The highest BCUT2D eigenvalue weighted by atomic mass is 35.5. The van der Waals surface area contributed by atoms with E-state index in [4.69, 9.17) is 23.2 Å². The van der Waals surface area contributed by atoms with Crippen LogP contribution >= 0.6 is 35.0 Å². The summed E-state index contributed by atoms with van der Waals surface area (Å²) in [5.74, 6) is -0.310. The van der Waals surface area contributed by atoms with Gasteiger partial charge in [0.2, 0.25) is 0 Å². The van der Waals surface area contributed by atoms with E-state index in [9.17, 15) is 9.59 Å². The summed E-state index contributed by atoms with van der Waals surface area (Å²) in [4.78, 5) is 26.2. The molecule has 1 aliphatic heterocycles. The number of rotatable bonds is 3. The van der Waals surface area contributed by atoms with Gasteiger partial charge in [0.25, 0.3) is 11.1 Å². The van der Waals surface area contributed by atoms with Crippen LogP contribution in [0.25, 0.3) is 6.08 Å². The molecule has 116 valence electrons. The first-order chi connectivity index (χ1) is 11.0. The summed E-state index contributed by atoms with van der Waals surface area (Å²) < 4.78 is 0. The predicted octanol–water partition coefficient (Wildman–Crippen LogP) is 5.23. The molecular formula is C17H11Cl2NO2S. The van der Waals surface area contributed by atoms with Crippen LogP contribution in [0, 0.1) is 0 Å². The maximum Gasteiger partial charge on any atom is 0.293 e. The minimum Gasteiger partial charge on any atom is -0.268 e. The second-order valence-electron chi connectivity index (χ2n) is 4.91. The summed E-state index contributed by atoms with van der Waals surface area (Å²) >= 11 is 12.9. The summed E-state index contributed by atoms with van der Waals surface area (Å²) in [6.45, 7) is 0.132. The van der Waals surface area contributed by atoms with E-state index >= 15 is 0 Å². The van der Waals surface area contributed by atoms with E-state index < -0.39 is 0 Å². The molecule has 2 aromatic rings. The van der Waals surface area contributed by atoms with Gasteiger partial charge in [0.1, 0.15) is 0 Å². The number of thioether (sulfide) groups is 1. The molecule has 3 nitrogen and oxygen atoms in total. The van der Waals surface area contributed by atoms with E-state index in [1.807, 2.05) is 30.3 Å². The molecule has 1 saturated heterocycles. The fraction of sp³-hybridized carbons (Fsp3) is 0.0588. The Morgan fingerprint density at radius 1 is 1.04 bits per heavy atom. The second kappa shape index (κ2) is 6.79. The molecule has 0 saturated carbocycles. The van der Waals surface area contributed by atoms with Crippen LogP contribution in [-0.4, -0.2) is 16.0 Å². The Kier molecular flexibility index (Phi) is 4.76. The minimum atomic E-state index is -0.310. The highest BCUT2D eigenvalue weighted by Gasteiger charge is 2.35. The first-order valence-corrected chi connectivity index (χ1v) is 8.36. The zero-order valence-corrected chi connectivity index (χ0v) is 14.2. The summed E-state index contributed by atoms with van der Waals surface area (Å²) in [6.07, 6.45) is 1.72. The monoisotopic (exact) mass is 363 g/mol. The van der Waals surface area contributed by atoms with Crippen molar-refractivity contribution >= 4 is 52.2 Å². The second-order valence-corrected chi connectivity index (χ2v) is 6.75. The zero-order valence-electron chi connectivity index (χ0n) is 11.8. The average Bonchev–Trinajstić information content (AvgIpc) is 2.78. The van der Waals surface area contributed by atoms with Gasteiger partial charge in [-0.15, -0.1) is 0 Å². The molecule has 0 atom stereocenters. The van der Waals surface area contributed by atoms with E-state index in [0.717, 1.165) is 17.3 Å². The lowest BCUT2D eigenvalue weighted by Gasteiger charge is -2.13. The molecule has 23 heavy (non-hydrogen) atoms. The quantitative estimate of drug-likeness (QED) is 0.700. The highest BCUT2D eigenvalue weighted by molar-refractivity contribution is 8.18. The molecule has 0 aromatic heterocycles. The molecule has 1 fully saturated rings. The Morgan fingerprint density at radius 3 is 2.48 bits per heavy atom. The molecule has 6 heteroatoms. The van der Waals surface area contributed by atoms with Gasteiger partial charge in [-0.3, -0.25) is 14.5 Å². The lowest BCUT2D eigenvalue weighted by molar-refractivity contribution is -0.123. The van der Waals surface area contributed by atoms with Crippen LogP contribution in [0.15, 0.2) is 53.4 Å². The third kappa shape index (κ3) is 3.61. The summed E-state index contributed by atoms with van der Waals surface area (Å²) in [5.41, 5.74) is 1.56. The number of imide groups is 1. The first kappa shape index (κ1) is 16.1. The summed E-state index contributed by atoms with van der Waals surface area (Å²) in [7, 11) is 0. The van der Waals surface area contributed by atoms with Gasteiger partial charge in [-0.1, -0.05) is 59.6 Å². The van der Waals surface area contributed by atoms with Gasteiger partial charge in [-0.25, -0.2) is 0 Å². The van der Waals surface area contributed by atoms with Crippen LogP contribution in [0.1, 0.15) is 11.1 Å². The van der Waals surface area contributed by atoms with Crippen molar-refractivity contribution in [3.63, 3.8) is 0 Å². The maximum atomic E-state index is 12.4. The van der Waals surface area contributed by atoms with Crippen LogP contribution in [0.3, 0.4) is 0 Å². The van der Waals surface area contributed by atoms with E-state index in [0.29, 0.717) is 20.5 Å². The number of carbonyl (C=O) groups is 2. The molecule has 2 amide bonds. The van der Waals surface area contributed by atoms with Gasteiger partial charge >= 0.3 is 0 Å². The van der Waals surface area contributed by atoms with Gasteiger partial charge in [-0.05, 0) is 41.1 Å². The zero-order chi connectivity index (χ0) is 16.4. The smallest absolute Gasteiger partial charge is 0.268 e. The van der Waals surface area contributed by atoms with E-state index in [2.05, 4.69) is 0 Å². The molecular weight excluding hydrogens is 353 g/mol. The lowest BCUT2D eigenvalue weighted by atomic mass is 10.2. The van der Waals surface area contributed by atoms with E-state index in [-0.39, 0.29) is 17.7 Å². The van der Waals surface area contributed by atoms with Gasteiger partial charge in [0.15, 0.2) is 0 Å². The van der Waals surface area contributed by atoms with Crippen molar-refractivity contribution in [3.8, 4) is 0 Å². The van der Waals surface area contributed by atoms with Crippen LogP contribution in [-0.2, 0) is 11.3 Å². The van der Waals surface area contributed by atoms with Crippen LogP contribution in [0.4, 0.5) is 4.79 Å².